The Morgan fingerprint density at radius 2 is 1.83 bits per heavy atom. The van der Waals surface area contributed by atoms with E-state index in [-0.39, 0.29) is 41.4 Å². The number of hydrogen-bond acceptors (Lipinski definition) is 3. The van der Waals surface area contributed by atoms with Gasteiger partial charge in [0.15, 0.2) is 5.96 Å². The first-order valence-electron chi connectivity index (χ1n) is 6.60. The Hall–Kier alpha value is -1.65. The number of primary sulfonamides is 1. The molecule has 5 N–H and O–H groups in total. The van der Waals surface area contributed by atoms with Crippen LogP contribution in [0.2, 0.25) is 0 Å². The summed E-state index contributed by atoms with van der Waals surface area (Å²) in [6, 6.07) is 14.0. The second-order valence-electron chi connectivity index (χ2n) is 4.88. The van der Waals surface area contributed by atoms with Gasteiger partial charge in [0.05, 0.1) is 11.4 Å². The van der Waals surface area contributed by atoms with Gasteiger partial charge in [-0.1, -0.05) is 29.8 Å². The molecule has 6 nitrogen and oxygen atoms in total. The standard InChI is InChI=1S/C15H18N4O2S.HI/c1-11-5-7-13(8-6-11)19-15(16)18-10-12-3-2-4-14(9-12)22(17,20)21;/h2-9H,10H2,1H3,(H3,16,18,19)(H2,17,20,21);1H. The monoisotopic (exact) mass is 446 g/mol. The molecule has 0 spiro atoms. The SMILES string of the molecule is Cc1ccc(NC(N)=NCc2cccc(S(N)(=O)=O)c2)cc1.I. The quantitative estimate of drug-likeness (QED) is 0.380. The van der Waals surface area contributed by atoms with Gasteiger partial charge in [-0.05, 0) is 36.8 Å². The maximum atomic E-state index is 11.3. The Labute approximate surface area is 153 Å². The van der Waals surface area contributed by atoms with Gasteiger partial charge in [0.1, 0.15) is 0 Å². The Morgan fingerprint density at radius 1 is 1.17 bits per heavy atom. The van der Waals surface area contributed by atoms with Crippen LogP contribution in [-0.4, -0.2) is 14.4 Å². The Morgan fingerprint density at radius 3 is 2.43 bits per heavy atom. The summed E-state index contributed by atoms with van der Waals surface area (Å²) < 4.78 is 22.6. The normalized spacial score (nSPS) is 11.7. The molecule has 23 heavy (non-hydrogen) atoms. The lowest BCUT2D eigenvalue weighted by Gasteiger charge is -2.06. The number of nitrogens with two attached hydrogens (primary N) is 2. The Kier molecular flexibility index (Phi) is 6.98. The van der Waals surface area contributed by atoms with Gasteiger partial charge in [-0.2, -0.15) is 0 Å². The summed E-state index contributed by atoms with van der Waals surface area (Å²) in [7, 11) is -3.71. The maximum Gasteiger partial charge on any atom is 0.238 e. The van der Waals surface area contributed by atoms with Crippen LogP contribution in [0.3, 0.4) is 0 Å². The number of nitrogens with zero attached hydrogens (tertiary/aromatic N) is 1. The summed E-state index contributed by atoms with van der Waals surface area (Å²) in [5.74, 6) is 0.255. The molecule has 2 aromatic carbocycles. The third kappa shape index (κ3) is 6.16. The predicted molar refractivity (Wildman–Crippen MR) is 103 cm³/mol. The van der Waals surface area contributed by atoms with Gasteiger partial charge in [-0.3, -0.25) is 0 Å². The largest absolute Gasteiger partial charge is 0.370 e. The second-order valence-corrected chi connectivity index (χ2v) is 6.45. The van der Waals surface area contributed by atoms with E-state index in [1.54, 1.807) is 12.1 Å². The average molecular weight is 446 g/mol. The molecule has 0 saturated heterocycles. The lowest BCUT2D eigenvalue weighted by Crippen LogP contribution is -2.22. The number of halogens is 1. The fraction of sp³-hybridized carbons (Fsp3) is 0.133. The molecule has 0 amide bonds. The van der Waals surface area contributed by atoms with Gasteiger partial charge in [0, 0.05) is 5.69 Å². The van der Waals surface area contributed by atoms with Crippen LogP contribution in [0.5, 0.6) is 0 Å². The molecule has 0 saturated carbocycles. The molecule has 0 unspecified atom stereocenters. The first-order chi connectivity index (χ1) is 10.3. The third-order valence-electron chi connectivity index (χ3n) is 2.98. The molecule has 0 aliphatic rings. The van der Waals surface area contributed by atoms with Crippen LogP contribution in [0.1, 0.15) is 11.1 Å². The Balaban J connectivity index is 0.00000264. The fourth-order valence-electron chi connectivity index (χ4n) is 1.82. The van der Waals surface area contributed by atoms with E-state index >= 15 is 0 Å². The number of aryl methyl sites for hydroxylation is 1. The number of anilines is 1. The summed E-state index contributed by atoms with van der Waals surface area (Å²) in [6.07, 6.45) is 0. The second kappa shape index (κ2) is 8.27. The number of guanidine groups is 1. The highest BCUT2D eigenvalue weighted by Crippen LogP contribution is 2.11. The summed E-state index contributed by atoms with van der Waals surface area (Å²) in [5, 5.41) is 8.06. The molecule has 2 aromatic rings. The van der Waals surface area contributed by atoms with Crippen molar-refractivity contribution in [2.45, 2.75) is 18.4 Å². The molecular weight excluding hydrogens is 427 g/mol. The minimum atomic E-state index is -3.71. The van der Waals surface area contributed by atoms with E-state index < -0.39 is 10.0 Å². The van der Waals surface area contributed by atoms with Crippen LogP contribution < -0.4 is 16.2 Å². The topological polar surface area (TPSA) is 111 Å². The maximum absolute atomic E-state index is 11.3. The van der Waals surface area contributed by atoms with Crippen molar-refractivity contribution in [2.75, 3.05) is 5.32 Å². The van der Waals surface area contributed by atoms with Crippen LogP contribution in [0.4, 0.5) is 5.69 Å². The van der Waals surface area contributed by atoms with Crippen molar-refractivity contribution in [3.63, 3.8) is 0 Å². The first-order valence-corrected chi connectivity index (χ1v) is 8.14. The molecule has 0 heterocycles. The van der Waals surface area contributed by atoms with Gasteiger partial charge in [0.2, 0.25) is 10.0 Å². The number of aliphatic imine (C=N–C) groups is 1. The van der Waals surface area contributed by atoms with E-state index in [2.05, 4.69) is 10.3 Å². The van der Waals surface area contributed by atoms with Crippen molar-refractivity contribution < 1.29 is 8.42 Å². The molecular formula is C15H19IN4O2S. The van der Waals surface area contributed by atoms with Gasteiger partial charge in [-0.25, -0.2) is 18.5 Å². The van der Waals surface area contributed by atoms with Gasteiger partial charge < -0.3 is 11.1 Å². The van der Waals surface area contributed by atoms with Crippen molar-refractivity contribution in [2.24, 2.45) is 15.9 Å². The van der Waals surface area contributed by atoms with E-state index in [1.165, 1.54) is 12.1 Å². The minimum absolute atomic E-state index is 0. The van der Waals surface area contributed by atoms with Crippen molar-refractivity contribution in [3.05, 3.63) is 59.7 Å². The van der Waals surface area contributed by atoms with Crippen molar-refractivity contribution in [1.82, 2.24) is 0 Å². The lowest BCUT2D eigenvalue weighted by molar-refractivity contribution is 0.597. The first kappa shape index (κ1) is 19.4. The molecule has 0 aromatic heterocycles. The Bertz CT molecular complexity index is 789. The molecule has 8 heteroatoms. The zero-order chi connectivity index (χ0) is 16.2. The highest BCUT2D eigenvalue weighted by molar-refractivity contribution is 14.0. The smallest absolute Gasteiger partial charge is 0.238 e. The van der Waals surface area contributed by atoms with Crippen molar-refractivity contribution in [1.29, 1.82) is 0 Å². The van der Waals surface area contributed by atoms with Crippen LogP contribution in [0, 0.1) is 6.92 Å². The molecule has 0 radical (unpaired) electrons. The summed E-state index contributed by atoms with van der Waals surface area (Å²) in [6.45, 7) is 2.26. The number of benzene rings is 2. The minimum Gasteiger partial charge on any atom is -0.370 e. The number of nitrogens with one attached hydrogen (secondary N) is 1. The van der Waals surface area contributed by atoms with Crippen LogP contribution in [0.25, 0.3) is 0 Å². The van der Waals surface area contributed by atoms with E-state index in [9.17, 15) is 8.42 Å². The summed E-state index contributed by atoms with van der Waals surface area (Å²) >= 11 is 0. The van der Waals surface area contributed by atoms with E-state index in [0.29, 0.717) is 5.56 Å². The van der Waals surface area contributed by atoms with Gasteiger partial charge >= 0.3 is 0 Å². The highest BCUT2D eigenvalue weighted by atomic mass is 127. The summed E-state index contributed by atoms with van der Waals surface area (Å²) in [5.41, 5.74) is 8.51. The van der Waals surface area contributed by atoms with E-state index in [4.69, 9.17) is 10.9 Å². The van der Waals surface area contributed by atoms with Crippen LogP contribution in [-0.2, 0) is 16.6 Å². The number of rotatable bonds is 4. The van der Waals surface area contributed by atoms with Crippen molar-refractivity contribution in [3.8, 4) is 0 Å². The molecule has 0 aliphatic heterocycles. The third-order valence-corrected chi connectivity index (χ3v) is 3.89. The molecule has 2 rings (SSSR count). The number of sulfonamides is 1. The zero-order valence-corrected chi connectivity index (χ0v) is 15.7. The van der Waals surface area contributed by atoms with E-state index in [0.717, 1.165) is 11.3 Å². The van der Waals surface area contributed by atoms with Crippen LogP contribution in [0.15, 0.2) is 58.4 Å². The zero-order valence-electron chi connectivity index (χ0n) is 12.6. The molecule has 0 aliphatic carbocycles. The fourth-order valence-corrected chi connectivity index (χ4v) is 2.41. The molecule has 0 bridgehead atoms. The molecule has 124 valence electrons. The molecule has 0 fully saturated rings. The van der Waals surface area contributed by atoms with Crippen molar-refractivity contribution >= 4 is 45.6 Å². The average Bonchev–Trinajstić information content (AvgIpc) is 2.47. The van der Waals surface area contributed by atoms with Gasteiger partial charge in [0.25, 0.3) is 0 Å². The highest BCUT2D eigenvalue weighted by Gasteiger charge is 2.07. The molecule has 0 atom stereocenters. The number of hydrogen-bond donors (Lipinski definition) is 3. The predicted octanol–water partition coefficient (Wildman–Crippen LogP) is 2.19. The van der Waals surface area contributed by atoms with Crippen LogP contribution >= 0.6 is 24.0 Å². The van der Waals surface area contributed by atoms with E-state index in [1.807, 2.05) is 31.2 Å². The lowest BCUT2D eigenvalue weighted by atomic mass is 10.2. The summed E-state index contributed by atoms with van der Waals surface area (Å²) in [4.78, 5) is 4.24. The van der Waals surface area contributed by atoms with Gasteiger partial charge in [-0.15, -0.1) is 24.0 Å².